The van der Waals surface area contributed by atoms with Crippen molar-refractivity contribution in [1.82, 2.24) is 9.97 Å². The lowest BCUT2D eigenvalue weighted by atomic mass is 10.1. The molecule has 0 unspecified atom stereocenters. The van der Waals surface area contributed by atoms with Crippen molar-refractivity contribution in [1.29, 1.82) is 0 Å². The Hall–Kier alpha value is -1.70. The van der Waals surface area contributed by atoms with Gasteiger partial charge in [0.1, 0.15) is 6.33 Å². The first-order valence-electron chi connectivity index (χ1n) is 4.20. The zero-order valence-electron chi connectivity index (χ0n) is 7.44. The first-order valence-corrected chi connectivity index (χ1v) is 4.20. The van der Waals surface area contributed by atoms with Gasteiger partial charge in [-0.3, -0.25) is 0 Å². The standard InChI is InChI=1S/C11H10N2/c1-9-7-11(13-8-12-9)10-5-3-2-4-6-10/h2-8H,1H3. The predicted molar refractivity (Wildman–Crippen MR) is 52.2 cm³/mol. The lowest BCUT2D eigenvalue weighted by molar-refractivity contribution is 1.11. The maximum atomic E-state index is 4.20. The number of rotatable bonds is 1. The third-order valence-electron chi connectivity index (χ3n) is 1.87. The van der Waals surface area contributed by atoms with Gasteiger partial charge in [-0.05, 0) is 13.0 Å². The van der Waals surface area contributed by atoms with E-state index in [4.69, 9.17) is 0 Å². The number of aromatic nitrogens is 2. The maximum Gasteiger partial charge on any atom is 0.116 e. The van der Waals surface area contributed by atoms with Crippen LogP contribution in [-0.4, -0.2) is 9.97 Å². The van der Waals surface area contributed by atoms with Crippen LogP contribution in [0.3, 0.4) is 0 Å². The Morgan fingerprint density at radius 1 is 1.00 bits per heavy atom. The Kier molecular flexibility index (Phi) is 2.04. The van der Waals surface area contributed by atoms with Gasteiger partial charge in [0, 0.05) is 11.3 Å². The second-order valence-electron chi connectivity index (χ2n) is 2.91. The molecule has 0 fully saturated rings. The number of hydrogen-bond acceptors (Lipinski definition) is 2. The lowest BCUT2D eigenvalue weighted by Gasteiger charge is -1.99. The van der Waals surface area contributed by atoms with Crippen LogP contribution in [0.1, 0.15) is 5.69 Å². The highest BCUT2D eigenvalue weighted by Crippen LogP contribution is 2.15. The lowest BCUT2D eigenvalue weighted by Crippen LogP contribution is -1.86. The minimum atomic E-state index is 0.980. The molecule has 0 aliphatic carbocycles. The summed E-state index contributed by atoms with van der Waals surface area (Å²) in [5, 5.41) is 0. The second-order valence-corrected chi connectivity index (χ2v) is 2.91. The summed E-state index contributed by atoms with van der Waals surface area (Å²) in [6.45, 7) is 1.97. The predicted octanol–water partition coefficient (Wildman–Crippen LogP) is 2.45. The molecule has 0 bridgehead atoms. The fourth-order valence-corrected chi connectivity index (χ4v) is 1.22. The summed E-state index contributed by atoms with van der Waals surface area (Å²) in [5.74, 6) is 0. The van der Waals surface area contributed by atoms with E-state index in [-0.39, 0.29) is 0 Å². The average Bonchev–Trinajstić information content (AvgIpc) is 2.19. The van der Waals surface area contributed by atoms with E-state index in [1.54, 1.807) is 6.33 Å². The monoisotopic (exact) mass is 170 g/mol. The van der Waals surface area contributed by atoms with E-state index in [1.807, 2.05) is 43.3 Å². The van der Waals surface area contributed by atoms with Gasteiger partial charge in [-0.15, -0.1) is 0 Å². The topological polar surface area (TPSA) is 25.8 Å². The maximum absolute atomic E-state index is 4.20. The zero-order chi connectivity index (χ0) is 9.10. The molecule has 0 spiro atoms. The van der Waals surface area contributed by atoms with Crippen LogP contribution in [0.4, 0.5) is 0 Å². The summed E-state index contributed by atoms with van der Waals surface area (Å²) in [5.41, 5.74) is 3.11. The normalized spacial score (nSPS) is 9.92. The Labute approximate surface area is 77.3 Å². The van der Waals surface area contributed by atoms with Gasteiger partial charge in [-0.1, -0.05) is 30.3 Å². The molecule has 0 atom stereocenters. The van der Waals surface area contributed by atoms with E-state index in [0.29, 0.717) is 0 Å². The summed E-state index contributed by atoms with van der Waals surface area (Å²) in [6.07, 6.45) is 1.59. The van der Waals surface area contributed by atoms with Crippen molar-refractivity contribution in [3.05, 3.63) is 48.4 Å². The quantitative estimate of drug-likeness (QED) is 0.657. The summed E-state index contributed by atoms with van der Waals surface area (Å²) in [6, 6.07) is 12.1. The molecule has 64 valence electrons. The highest BCUT2D eigenvalue weighted by atomic mass is 14.8. The van der Waals surface area contributed by atoms with Crippen molar-refractivity contribution in [3.63, 3.8) is 0 Å². The van der Waals surface area contributed by atoms with Gasteiger partial charge in [0.05, 0.1) is 5.69 Å². The molecule has 0 saturated carbocycles. The van der Waals surface area contributed by atoms with Crippen molar-refractivity contribution in [2.75, 3.05) is 0 Å². The zero-order valence-corrected chi connectivity index (χ0v) is 7.44. The van der Waals surface area contributed by atoms with E-state index in [1.165, 1.54) is 0 Å². The third kappa shape index (κ3) is 1.72. The van der Waals surface area contributed by atoms with Crippen LogP contribution in [0.2, 0.25) is 0 Å². The fourth-order valence-electron chi connectivity index (χ4n) is 1.22. The fraction of sp³-hybridized carbons (Fsp3) is 0.0909. The molecule has 2 aromatic rings. The molecule has 0 aliphatic rings. The van der Waals surface area contributed by atoms with Crippen molar-refractivity contribution in [3.8, 4) is 11.3 Å². The van der Waals surface area contributed by atoms with Crippen LogP contribution in [-0.2, 0) is 0 Å². The number of aryl methyl sites for hydroxylation is 1. The smallest absolute Gasteiger partial charge is 0.116 e. The molecule has 1 aromatic heterocycles. The van der Waals surface area contributed by atoms with Crippen LogP contribution in [0, 0.1) is 6.92 Å². The molecule has 0 amide bonds. The third-order valence-corrected chi connectivity index (χ3v) is 1.87. The average molecular weight is 170 g/mol. The highest BCUT2D eigenvalue weighted by molar-refractivity contribution is 5.58. The van der Waals surface area contributed by atoms with Gasteiger partial charge >= 0.3 is 0 Å². The molecule has 2 nitrogen and oxygen atoms in total. The number of benzene rings is 1. The number of nitrogens with zero attached hydrogens (tertiary/aromatic N) is 2. The van der Waals surface area contributed by atoms with Gasteiger partial charge in [0.2, 0.25) is 0 Å². The SMILES string of the molecule is Cc1cc(-c2ccccc2)ncn1. The van der Waals surface area contributed by atoms with Crippen LogP contribution in [0.25, 0.3) is 11.3 Å². The van der Waals surface area contributed by atoms with Crippen molar-refractivity contribution >= 4 is 0 Å². The minimum absolute atomic E-state index is 0.980. The van der Waals surface area contributed by atoms with E-state index in [9.17, 15) is 0 Å². The summed E-state index contributed by atoms with van der Waals surface area (Å²) in [4.78, 5) is 8.25. The first kappa shape index (κ1) is 7.92. The van der Waals surface area contributed by atoms with E-state index in [0.717, 1.165) is 17.0 Å². The van der Waals surface area contributed by atoms with Gasteiger partial charge in [-0.25, -0.2) is 9.97 Å². The first-order chi connectivity index (χ1) is 6.36. The van der Waals surface area contributed by atoms with Crippen LogP contribution >= 0.6 is 0 Å². The summed E-state index contributed by atoms with van der Waals surface area (Å²) >= 11 is 0. The molecule has 13 heavy (non-hydrogen) atoms. The van der Waals surface area contributed by atoms with Gasteiger partial charge in [-0.2, -0.15) is 0 Å². The Balaban J connectivity index is 2.48. The molecular formula is C11H10N2. The van der Waals surface area contributed by atoms with Gasteiger partial charge in [0.25, 0.3) is 0 Å². The van der Waals surface area contributed by atoms with E-state index >= 15 is 0 Å². The molecular weight excluding hydrogens is 160 g/mol. The molecule has 2 heteroatoms. The molecule has 0 saturated heterocycles. The van der Waals surface area contributed by atoms with Gasteiger partial charge in [0.15, 0.2) is 0 Å². The molecule has 1 aromatic carbocycles. The van der Waals surface area contributed by atoms with Crippen LogP contribution < -0.4 is 0 Å². The minimum Gasteiger partial charge on any atom is -0.242 e. The summed E-state index contributed by atoms with van der Waals surface area (Å²) in [7, 11) is 0. The van der Waals surface area contributed by atoms with E-state index in [2.05, 4.69) is 9.97 Å². The Morgan fingerprint density at radius 2 is 1.77 bits per heavy atom. The molecule has 0 radical (unpaired) electrons. The molecule has 1 heterocycles. The van der Waals surface area contributed by atoms with Crippen molar-refractivity contribution < 1.29 is 0 Å². The molecule has 2 rings (SSSR count). The molecule has 0 aliphatic heterocycles. The van der Waals surface area contributed by atoms with E-state index < -0.39 is 0 Å². The van der Waals surface area contributed by atoms with Gasteiger partial charge < -0.3 is 0 Å². The van der Waals surface area contributed by atoms with Crippen molar-refractivity contribution in [2.45, 2.75) is 6.92 Å². The number of hydrogen-bond donors (Lipinski definition) is 0. The molecule has 0 N–H and O–H groups in total. The van der Waals surface area contributed by atoms with Crippen LogP contribution in [0.5, 0.6) is 0 Å². The largest absolute Gasteiger partial charge is 0.242 e. The second kappa shape index (κ2) is 3.35. The Morgan fingerprint density at radius 3 is 2.46 bits per heavy atom. The Bertz CT molecular complexity index is 396. The summed E-state index contributed by atoms with van der Waals surface area (Å²) < 4.78 is 0. The van der Waals surface area contributed by atoms with Crippen LogP contribution in [0.15, 0.2) is 42.7 Å². The van der Waals surface area contributed by atoms with Crippen molar-refractivity contribution in [2.24, 2.45) is 0 Å². The highest BCUT2D eigenvalue weighted by Gasteiger charge is 1.97.